The summed E-state index contributed by atoms with van der Waals surface area (Å²) in [6.45, 7) is 4.39. The van der Waals surface area contributed by atoms with E-state index in [0.29, 0.717) is 6.04 Å². The third-order valence-electron chi connectivity index (χ3n) is 3.93. The van der Waals surface area contributed by atoms with Crippen LogP contribution in [0.3, 0.4) is 0 Å². The monoisotopic (exact) mass is 233 g/mol. The van der Waals surface area contributed by atoms with Crippen LogP contribution >= 0.6 is 0 Å². The summed E-state index contributed by atoms with van der Waals surface area (Å²) >= 11 is 0. The first-order valence-electron chi connectivity index (χ1n) is 6.65. The summed E-state index contributed by atoms with van der Waals surface area (Å²) in [5.74, 6) is 1.81. The van der Waals surface area contributed by atoms with E-state index in [1.807, 2.05) is 6.07 Å². The largest absolute Gasteiger partial charge is 0.496 e. The smallest absolute Gasteiger partial charge is 0.121 e. The van der Waals surface area contributed by atoms with E-state index < -0.39 is 0 Å². The molecule has 0 aliphatic heterocycles. The second-order valence-corrected chi connectivity index (χ2v) is 5.03. The molecule has 1 aliphatic carbocycles. The van der Waals surface area contributed by atoms with Crippen LogP contribution in [-0.2, 0) is 0 Å². The maximum absolute atomic E-state index is 5.28. The number of methoxy groups -OCH3 is 1. The Kier molecular flexibility index (Phi) is 3.93. The lowest BCUT2D eigenvalue weighted by molar-refractivity contribution is 0.411. The zero-order valence-corrected chi connectivity index (χ0v) is 11.1. The summed E-state index contributed by atoms with van der Waals surface area (Å²) in [5.41, 5.74) is 2.43. The zero-order chi connectivity index (χ0) is 12.3. The Morgan fingerprint density at radius 2 is 2.18 bits per heavy atom. The van der Waals surface area contributed by atoms with Crippen molar-refractivity contribution in [1.82, 2.24) is 0 Å². The van der Waals surface area contributed by atoms with Crippen LogP contribution < -0.4 is 10.1 Å². The van der Waals surface area contributed by atoms with Crippen LogP contribution in [0.1, 0.15) is 38.2 Å². The van der Waals surface area contributed by atoms with E-state index in [2.05, 4.69) is 31.3 Å². The number of hydrogen-bond acceptors (Lipinski definition) is 2. The molecule has 0 bridgehead atoms. The van der Waals surface area contributed by atoms with Gasteiger partial charge in [0.15, 0.2) is 0 Å². The molecule has 0 amide bonds. The van der Waals surface area contributed by atoms with Crippen molar-refractivity contribution in [2.45, 2.75) is 45.6 Å². The molecular weight excluding hydrogens is 210 g/mol. The van der Waals surface area contributed by atoms with Gasteiger partial charge in [-0.2, -0.15) is 0 Å². The van der Waals surface area contributed by atoms with Crippen LogP contribution in [0.25, 0.3) is 0 Å². The number of aryl methyl sites for hydroxylation is 1. The van der Waals surface area contributed by atoms with E-state index in [1.54, 1.807) is 7.11 Å². The Labute approximate surface area is 104 Å². The van der Waals surface area contributed by atoms with Gasteiger partial charge in [-0.1, -0.05) is 19.8 Å². The molecule has 1 aromatic carbocycles. The summed E-state index contributed by atoms with van der Waals surface area (Å²) in [6.07, 6.45) is 5.34. The van der Waals surface area contributed by atoms with Crippen molar-refractivity contribution < 1.29 is 4.74 Å². The maximum Gasteiger partial charge on any atom is 0.121 e. The second-order valence-electron chi connectivity index (χ2n) is 5.03. The summed E-state index contributed by atoms with van der Waals surface area (Å²) < 4.78 is 5.28. The molecule has 1 fully saturated rings. The molecule has 0 spiro atoms. The van der Waals surface area contributed by atoms with E-state index in [4.69, 9.17) is 4.74 Å². The Morgan fingerprint density at radius 3 is 2.82 bits per heavy atom. The summed E-state index contributed by atoms with van der Waals surface area (Å²) in [7, 11) is 1.72. The van der Waals surface area contributed by atoms with Crippen LogP contribution in [0.5, 0.6) is 5.75 Å². The molecule has 2 heteroatoms. The van der Waals surface area contributed by atoms with Gasteiger partial charge in [0, 0.05) is 11.7 Å². The Morgan fingerprint density at radius 1 is 1.35 bits per heavy atom. The highest BCUT2D eigenvalue weighted by molar-refractivity contribution is 5.51. The second kappa shape index (κ2) is 5.44. The van der Waals surface area contributed by atoms with Gasteiger partial charge in [0.2, 0.25) is 0 Å². The van der Waals surface area contributed by atoms with Gasteiger partial charge < -0.3 is 10.1 Å². The normalized spacial score (nSPS) is 23.7. The minimum Gasteiger partial charge on any atom is -0.496 e. The molecule has 1 aliphatic rings. The third kappa shape index (κ3) is 2.74. The van der Waals surface area contributed by atoms with Crippen LogP contribution in [0.2, 0.25) is 0 Å². The topological polar surface area (TPSA) is 21.3 Å². The lowest BCUT2D eigenvalue weighted by Gasteiger charge is -2.21. The minimum absolute atomic E-state index is 0.660. The highest BCUT2D eigenvalue weighted by Gasteiger charge is 2.25. The van der Waals surface area contributed by atoms with Crippen molar-refractivity contribution in [3.63, 3.8) is 0 Å². The third-order valence-corrected chi connectivity index (χ3v) is 3.93. The van der Waals surface area contributed by atoms with Crippen molar-refractivity contribution in [2.75, 3.05) is 12.4 Å². The summed E-state index contributed by atoms with van der Waals surface area (Å²) in [4.78, 5) is 0. The van der Waals surface area contributed by atoms with Crippen molar-refractivity contribution in [3.05, 3.63) is 23.8 Å². The number of hydrogen-bond donors (Lipinski definition) is 1. The lowest BCUT2D eigenvalue weighted by atomic mass is 10.0. The molecule has 17 heavy (non-hydrogen) atoms. The van der Waals surface area contributed by atoms with E-state index in [0.717, 1.165) is 11.7 Å². The number of nitrogens with one attached hydrogen (secondary N) is 1. The van der Waals surface area contributed by atoms with Crippen molar-refractivity contribution >= 4 is 5.69 Å². The molecule has 2 rings (SSSR count). The molecule has 1 aromatic rings. The van der Waals surface area contributed by atoms with E-state index in [1.165, 1.54) is 36.9 Å². The highest BCUT2D eigenvalue weighted by Crippen LogP contribution is 2.31. The number of rotatable bonds is 4. The fraction of sp³-hybridized carbons (Fsp3) is 0.600. The van der Waals surface area contributed by atoms with Gasteiger partial charge in [-0.3, -0.25) is 0 Å². The number of anilines is 1. The van der Waals surface area contributed by atoms with Gasteiger partial charge in [0.1, 0.15) is 5.75 Å². The van der Waals surface area contributed by atoms with E-state index in [-0.39, 0.29) is 0 Å². The van der Waals surface area contributed by atoms with Gasteiger partial charge in [-0.05, 0) is 49.4 Å². The lowest BCUT2D eigenvalue weighted by Crippen LogP contribution is -2.23. The van der Waals surface area contributed by atoms with Gasteiger partial charge in [-0.25, -0.2) is 0 Å². The molecule has 1 saturated carbocycles. The first kappa shape index (κ1) is 12.3. The van der Waals surface area contributed by atoms with Gasteiger partial charge in [-0.15, -0.1) is 0 Å². The fourth-order valence-corrected chi connectivity index (χ4v) is 2.90. The Hall–Kier alpha value is -1.18. The summed E-state index contributed by atoms with van der Waals surface area (Å²) in [5, 5.41) is 3.68. The van der Waals surface area contributed by atoms with Gasteiger partial charge in [0.25, 0.3) is 0 Å². The Bertz CT molecular complexity index is 375. The van der Waals surface area contributed by atoms with Crippen LogP contribution in [0.4, 0.5) is 5.69 Å². The Balaban J connectivity index is 2.05. The molecule has 0 aromatic heterocycles. The van der Waals surface area contributed by atoms with Gasteiger partial charge >= 0.3 is 0 Å². The fourth-order valence-electron chi connectivity index (χ4n) is 2.90. The molecule has 0 saturated heterocycles. The van der Waals surface area contributed by atoms with Crippen molar-refractivity contribution in [3.8, 4) is 5.75 Å². The van der Waals surface area contributed by atoms with E-state index >= 15 is 0 Å². The van der Waals surface area contributed by atoms with Crippen LogP contribution in [0.15, 0.2) is 18.2 Å². The molecule has 2 atom stereocenters. The van der Waals surface area contributed by atoms with E-state index in [9.17, 15) is 0 Å². The summed E-state index contributed by atoms with van der Waals surface area (Å²) in [6, 6.07) is 7.02. The molecule has 0 heterocycles. The SMILES string of the molecule is CCC1CCCC1Nc1ccc(OC)c(C)c1. The number of benzene rings is 1. The first-order valence-corrected chi connectivity index (χ1v) is 6.65. The molecule has 0 radical (unpaired) electrons. The first-order chi connectivity index (χ1) is 8.24. The predicted molar refractivity (Wildman–Crippen MR) is 72.8 cm³/mol. The van der Waals surface area contributed by atoms with Crippen molar-refractivity contribution in [2.24, 2.45) is 5.92 Å². The predicted octanol–water partition coefficient (Wildman–Crippen LogP) is 3.99. The van der Waals surface area contributed by atoms with Crippen LogP contribution in [0, 0.1) is 12.8 Å². The maximum atomic E-state index is 5.28. The molecular formula is C15H23NO. The average Bonchev–Trinajstić information content (AvgIpc) is 2.76. The quantitative estimate of drug-likeness (QED) is 0.849. The standard InChI is InChI=1S/C15H23NO/c1-4-12-6-5-7-14(12)16-13-8-9-15(17-3)11(2)10-13/h8-10,12,14,16H,4-7H2,1-3H3. The highest BCUT2D eigenvalue weighted by atomic mass is 16.5. The zero-order valence-electron chi connectivity index (χ0n) is 11.1. The van der Waals surface area contributed by atoms with Crippen molar-refractivity contribution in [1.29, 1.82) is 0 Å². The number of ether oxygens (including phenoxy) is 1. The molecule has 2 unspecified atom stereocenters. The van der Waals surface area contributed by atoms with Crippen LogP contribution in [-0.4, -0.2) is 13.2 Å². The molecule has 94 valence electrons. The van der Waals surface area contributed by atoms with Gasteiger partial charge in [0.05, 0.1) is 7.11 Å². The molecule has 2 nitrogen and oxygen atoms in total. The minimum atomic E-state index is 0.660. The molecule has 1 N–H and O–H groups in total. The average molecular weight is 233 g/mol.